The van der Waals surface area contributed by atoms with Crippen LogP contribution in [0.3, 0.4) is 0 Å². The molecule has 1 aromatic rings. The minimum Gasteiger partial charge on any atom is -0.0925 e. The number of hydrogen-bond acceptors (Lipinski definition) is 0. The fraction of sp³-hybridized carbons (Fsp3) is 0.556. The molecule has 1 heteroatoms. The first-order valence-electron chi connectivity index (χ1n) is 7.55. The van der Waals surface area contributed by atoms with Crippen molar-refractivity contribution in [1.82, 2.24) is 0 Å². The Labute approximate surface area is 125 Å². The Morgan fingerprint density at radius 1 is 1.21 bits per heavy atom. The van der Waals surface area contributed by atoms with Crippen LogP contribution in [0.15, 0.2) is 41.5 Å². The van der Waals surface area contributed by atoms with Crippen LogP contribution in [-0.2, 0) is 6.42 Å². The van der Waals surface area contributed by atoms with E-state index in [2.05, 4.69) is 53.2 Å². The van der Waals surface area contributed by atoms with Gasteiger partial charge in [-0.2, -0.15) is 0 Å². The normalized spacial score (nSPS) is 29.3. The third-order valence-electron chi connectivity index (χ3n) is 5.48. The summed E-state index contributed by atoms with van der Waals surface area (Å²) in [5.74, 6) is 0.910. The molecule has 0 aromatic heterocycles. The van der Waals surface area contributed by atoms with Gasteiger partial charge in [-0.05, 0) is 62.3 Å². The van der Waals surface area contributed by atoms with Crippen molar-refractivity contribution in [3.05, 3.63) is 47.0 Å². The average Bonchev–Trinajstić information content (AvgIpc) is 2.97. The van der Waals surface area contributed by atoms with E-state index in [1.165, 1.54) is 44.1 Å². The van der Waals surface area contributed by atoms with Crippen LogP contribution in [0, 0.1) is 11.3 Å². The van der Waals surface area contributed by atoms with Crippen LogP contribution in [0.5, 0.6) is 0 Å². The van der Waals surface area contributed by atoms with Crippen molar-refractivity contribution in [2.45, 2.75) is 45.4 Å². The summed E-state index contributed by atoms with van der Waals surface area (Å²) in [5, 5.41) is 1.13. The molecule has 0 heterocycles. The molecule has 2 aliphatic rings. The van der Waals surface area contributed by atoms with Gasteiger partial charge in [-0.1, -0.05) is 57.4 Å². The van der Waals surface area contributed by atoms with Crippen molar-refractivity contribution < 1.29 is 0 Å². The van der Waals surface area contributed by atoms with E-state index in [0.29, 0.717) is 5.41 Å². The Balaban J connectivity index is 1.74. The predicted octanol–water partition coefficient (Wildman–Crippen LogP) is 5.52. The molecule has 0 unspecified atom stereocenters. The molecule has 0 aliphatic heterocycles. The van der Waals surface area contributed by atoms with Crippen LogP contribution in [0.2, 0.25) is 0 Å². The van der Waals surface area contributed by atoms with E-state index >= 15 is 0 Å². The van der Waals surface area contributed by atoms with Crippen molar-refractivity contribution in [2.24, 2.45) is 11.3 Å². The molecule has 1 saturated carbocycles. The molecule has 2 bridgehead atoms. The zero-order valence-corrected chi connectivity index (χ0v) is 13.4. The van der Waals surface area contributed by atoms with Crippen LogP contribution in [0.25, 0.3) is 0 Å². The molecule has 1 fully saturated rings. The highest BCUT2D eigenvalue weighted by atomic mass is 79.9. The Hall–Kier alpha value is -0.560. The second kappa shape index (κ2) is 5.44. The van der Waals surface area contributed by atoms with Crippen LogP contribution < -0.4 is 0 Å². The van der Waals surface area contributed by atoms with Crippen LogP contribution >= 0.6 is 15.9 Å². The van der Waals surface area contributed by atoms with Crippen molar-refractivity contribution in [2.75, 3.05) is 5.33 Å². The van der Waals surface area contributed by atoms with Gasteiger partial charge in [0.2, 0.25) is 0 Å². The first-order chi connectivity index (χ1) is 9.25. The lowest BCUT2D eigenvalue weighted by Gasteiger charge is -2.30. The zero-order chi connectivity index (χ0) is 13.3. The Bertz CT molecular complexity index is 474. The van der Waals surface area contributed by atoms with Crippen molar-refractivity contribution in [3.63, 3.8) is 0 Å². The molecular formula is C18H23Br. The highest BCUT2D eigenvalue weighted by Crippen LogP contribution is 2.60. The molecule has 102 valence electrons. The number of allylic oxidation sites excluding steroid dienone is 2. The quantitative estimate of drug-likeness (QED) is 0.495. The van der Waals surface area contributed by atoms with E-state index in [1.807, 2.05) is 0 Å². The minimum atomic E-state index is 0.554. The molecule has 2 atom stereocenters. The third kappa shape index (κ3) is 2.42. The number of alkyl halides is 1. The number of aryl methyl sites for hydroxylation is 1. The molecule has 0 amide bonds. The second-order valence-corrected chi connectivity index (χ2v) is 7.09. The molecule has 0 spiro atoms. The SMILES string of the molecule is CC1=C(CCBr)[C@@H]2CC[C@@]1(CCc1ccccc1)C2. The van der Waals surface area contributed by atoms with Gasteiger partial charge in [-0.15, -0.1) is 0 Å². The summed E-state index contributed by atoms with van der Waals surface area (Å²) < 4.78 is 0. The Morgan fingerprint density at radius 2 is 2.00 bits per heavy atom. The summed E-state index contributed by atoms with van der Waals surface area (Å²) in [6.07, 6.45) is 8.17. The maximum Gasteiger partial charge on any atom is 0.00687 e. The summed E-state index contributed by atoms with van der Waals surface area (Å²) in [6, 6.07) is 11.0. The van der Waals surface area contributed by atoms with Gasteiger partial charge in [-0.25, -0.2) is 0 Å². The van der Waals surface area contributed by atoms with E-state index in [1.54, 1.807) is 11.1 Å². The van der Waals surface area contributed by atoms with E-state index in [4.69, 9.17) is 0 Å². The second-order valence-electron chi connectivity index (χ2n) is 6.29. The number of hydrogen-bond donors (Lipinski definition) is 0. The van der Waals surface area contributed by atoms with Gasteiger partial charge in [0.15, 0.2) is 0 Å². The number of benzene rings is 1. The number of rotatable bonds is 5. The van der Waals surface area contributed by atoms with Gasteiger partial charge >= 0.3 is 0 Å². The summed E-state index contributed by atoms with van der Waals surface area (Å²) in [6.45, 7) is 2.42. The van der Waals surface area contributed by atoms with Crippen molar-refractivity contribution in [3.8, 4) is 0 Å². The lowest BCUT2D eigenvalue weighted by atomic mass is 9.75. The third-order valence-corrected chi connectivity index (χ3v) is 5.87. The maximum atomic E-state index is 3.62. The van der Waals surface area contributed by atoms with Crippen LogP contribution in [-0.4, -0.2) is 5.33 Å². The fourth-order valence-electron chi connectivity index (χ4n) is 4.35. The van der Waals surface area contributed by atoms with E-state index in [9.17, 15) is 0 Å². The maximum absolute atomic E-state index is 3.62. The largest absolute Gasteiger partial charge is 0.0925 e. The fourth-order valence-corrected chi connectivity index (χ4v) is 4.77. The van der Waals surface area contributed by atoms with Gasteiger partial charge in [-0.3, -0.25) is 0 Å². The van der Waals surface area contributed by atoms with Gasteiger partial charge in [0.05, 0.1) is 0 Å². The van der Waals surface area contributed by atoms with Gasteiger partial charge in [0.1, 0.15) is 0 Å². The molecule has 0 radical (unpaired) electrons. The Kier molecular flexibility index (Phi) is 3.84. The predicted molar refractivity (Wildman–Crippen MR) is 85.6 cm³/mol. The highest BCUT2D eigenvalue weighted by Gasteiger charge is 2.47. The molecule has 3 rings (SSSR count). The Morgan fingerprint density at radius 3 is 2.74 bits per heavy atom. The molecule has 0 saturated heterocycles. The zero-order valence-electron chi connectivity index (χ0n) is 11.8. The van der Waals surface area contributed by atoms with Crippen molar-refractivity contribution >= 4 is 15.9 Å². The van der Waals surface area contributed by atoms with E-state index in [-0.39, 0.29) is 0 Å². The van der Waals surface area contributed by atoms with Crippen LogP contribution in [0.1, 0.15) is 44.6 Å². The molecule has 0 N–H and O–H groups in total. The molecule has 2 aliphatic carbocycles. The van der Waals surface area contributed by atoms with Gasteiger partial charge in [0.25, 0.3) is 0 Å². The smallest absolute Gasteiger partial charge is 0.00687 e. The van der Waals surface area contributed by atoms with Gasteiger partial charge in [0, 0.05) is 5.33 Å². The lowest BCUT2D eigenvalue weighted by molar-refractivity contribution is 0.345. The molecular weight excluding hydrogens is 296 g/mol. The number of halogens is 1. The molecule has 19 heavy (non-hydrogen) atoms. The first-order valence-corrected chi connectivity index (χ1v) is 8.67. The minimum absolute atomic E-state index is 0.554. The number of fused-ring (bicyclic) bond motifs is 2. The first kappa shape index (κ1) is 13.4. The monoisotopic (exact) mass is 318 g/mol. The summed E-state index contributed by atoms with van der Waals surface area (Å²) in [5.41, 5.74) is 5.59. The van der Waals surface area contributed by atoms with E-state index in [0.717, 1.165) is 11.2 Å². The summed E-state index contributed by atoms with van der Waals surface area (Å²) >= 11 is 3.62. The lowest BCUT2D eigenvalue weighted by Crippen LogP contribution is -2.18. The topological polar surface area (TPSA) is 0 Å². The van der Waals surface area contributed by atoms with Crippen LogP contribution in [0.4, 0.5) is 0 Å². The molecule has 1 aromatic carbocycles. The van der Waals surface area contributed by atoms with E-state index < -0.39 is 0 Å². The summed E-state index contributed by atoms with van der Waals surface area (Å²) in [4.78, 5) is 0. The molecule has 0 nitrogen and oxygen atoms in total. The van der Waals surface area contributed by atoms with Crippen molar-refractivity contribution in [1.29, 1.82) is 0 Å². The highest BCUT2D eigenvalue weighted by molar-refractivity contribution is 9.09. The standard InChI is InChI=1S/C18H23Br/c1-14-17(9-12-19)16-8-11-18(14,13-16)10-7-15-5-3-2-4-6-15/h2-6,16H,7-13H2,1H3/t16-,18+/m1/s1. The average molecular weight is 319 g/mol. The summed E-state index contributed by atoms with van der Waals surface area (Å²) in [7, 11) is 0. The van der Waals surface area contributed by atoms with Gasteiger partial charge < -0.3 is 0 Å².